The first-order valence-electron chi connectivity index (χ1n) is 6.69. The summed E-state index contributed by atoms with van der Waals surface area (Å²) in [5, 5.41) is 3.49. The Kier molecular flexibility index (Phi) is 3.06. The Morgan fingerprint density at radius 1 is 1.47 bits per heavy atom. The van der Waals surface area contributed by atoms with Gasteiger partial charge in [-0.15, -0.1) is 0 Å². The van der Waals surface area contributed by atoms with Crippen LogP contribution < -0.4 is 16.0 Å². The molecule has 1 aliphatic rings. The number of likely N-dealkylation sites (N-methyl/N-ethyl adjacent to an activating group) is 1. The van der Waals surface area contributed by atoms with Crippen molar-refractivity contribution in [1.29, 1.82) is 0 Å². The van der Waals surface area contributed by atoms with Crippen LogP contribution in [0.15, 0.2) is 27.4 Å². The van der Waals surface area contributed by atoms with Crippen LogP contribution in [0.4, 0.5) is 5.69 Å². The van der Waals surface area contributed by atoms with Gasteiger partial charge in [0, 0.05) is 45.0 Å². The molecule has 1 saturated carbocycles. The van der Waals surface area contributed by atoms with Crippen LogP contribution in [-0.2, 0) is 7.05 Å². The van der Waals surface area contributed by atoms with Crippen LogP contribution in [0.25, 0.3) is 11.1 Å². The zero-order valence-electron chi connectivity index (χ0n) is 11.3. The van der Waals surface area contributed by atoms with Crippen LogP contribution >= 0.6 is 0 Å². The van der Waals surface area contributed by atoms with Crippen molar-refractivity contribution in [2.45, 2.75) is 18.9 Å². The number of hydrogen-bond donors (Lipinski definition) is 1. The molecule has 3 rings (SSSR count). The molecule has 1 N–H and O–H groups in total. The minimum absolute atomic E-state index is 0.315. The molecule has 1 fully saturated rings. The summed E-state index contributed by atoms with van der Waals surface area (Å²) < 4.78 is 6.73. The number of anilines is 1. The highest BCUT2D eigenvalue weighted by molar-refractivity contribution is 5.77. The van der Waals surface area contributed by atoms with Gasteiger partial charge in [-0.25, -0.2) is 4.79 Å². The summed E-state index contributed by atoms with van der Waals surface area (Å²) >= 11 is 0. The zero-order valence-corrected chi connectivity index (χ0v) is 11.3. The number of aromatic nitrogens is 1. The second-order valence-corrected chi connectivity index (χ2v) is 5.23. The van der Waals surface area contributed by atoms with E-state index >= 15 is 0 Å². The molecule has 0 amide bonds. The molecular formula is C14H19N3O2. The number of nitrogens with zero attached hydrogens (tertiary/aromatic N) is 2. The van der Waals surface area contributed by atoms with Gasteiger partial charge < -0.3 is 14.6 Å². The molecule has 0 spiro atoms. The van der Waals surface area contributed by atoms with E-state index in [4.69, 9.17) is 4.42 Å². The number of fused-ring (bicyclic) bond motifs is 1. The predicted octanol–water partition coefficient (Wildman–Crippen LogP) is 1.32. The molecule has 2 aromatic rings. The lowest BCUT2D eigenvalue weighted by Crippen LogP contribution is -2.30. The van der Waals surface area contributed by atoms with E-state index in [1.165, 1.54) is 17.4 Å². The summed E-state index contributed by atoms with van der Waals surface area (Å²) in [5.74, 6) is -0.315. The normalized spacial score (nSPS) is 15.1. The van der Waals surface area contributed by atoms with Crippen LogP contribution in [0, 0.1) is 0 Å². The highest BCUT2D eigenvalue weighted by Crippen LogP contribution is 2.21. The lowest BCUT2D eigenvalue weighted by atomic mass is 10.2. The lowest BCUT2D eigenvalue weighted by molar-refractivity contribution is 0.528. The zero-order chi connectivity index (χ0) is 13.4. The van der Waals surface area contributed by atoms with Crippen LogP contribution in [0.3, 0.4) is 0 Å². The molecule has 0 radical (unpaired) electrons. The fourth-order valence-corrected chi connectivity index (χ4v) is 2.21. The van der Waals surface area contributed by atoms with Crippen molar-refractivity contribution in [3.63, 3.8) is 0 Å². The van der Waals surface area contributed by atoms with Gasteiger partial charge in [0.25, 0.3) is 0 Å². The van der Waals surface area contributed by atoms with Crippen molar-refractivity contribution in [1.82, 2.24) is 9.88 Å². The van der Waals surface area contributed by atoms with Crippen molar-refractivity contribution in [2.24, 2.45) is 7.05 Å². The number of hydrogen-bond acceptors (Lipinski definition) is 4. The molecule has 0 unspecified atom stereocenters. The Balaban J connectivity index is 1.73. The third-order valence-electron chi connectivity index (χ3n) is 3.67. The van der Waals surface area contributed by atoms with E-state index in [1.54, 1.807) is 7.05 Å². The van der Waals surface area contributed by atoms with Gasteiger partial charge in [0.15, 0.2) is 5.58 Å². The molecule has 0 atom stereocenters. The fourth-order valence-electron chi connectivity index (χ4n) is 2.21. The van der Waals surface area contributed by atoms with Gasteiger partial charge in [0.2, 0.25) is 0 Å². The minimum atomic E-state index is -0.315. The lowest BCUT2D eigenvalue weighted by Gasteiger charge is -2.19. The van der Waals surface area contributed by atoms with E-state index in [1.807, 2.05) is 18.2 Å². The summed E-state index contributed by atoms with van der Waals surface area (Å²) in [7, 11) is 3.77. The molecule has 1 heterocycles. The second kappa shape index (κ2) is 4.74. The van der Waals surface area contributed by atoms with Gasteiger partial charge in [-0.2, -0.15) is 0 Å². The van der Waals surface area contributed by atoms with E-state index in [0.717, 1.165) is 30.3 Å². The first kappa shape index (κ1) is 12.3. The van der Waals surface area contributed by atoms with Crippen molar-refractivity contribution >= 4 is 16.8 Å². The Labute approximate surface area is 111 Å². The summed E-state index contributed by atoms with van der Waals surface area (Å²) in [6.45, 7) is 1.93. The number of nitrogens with one attached hydrogen (secondary N) is 1. The van der Waals surface area contributed by atoms with E-state index in [-0.39, 0.29) is 5.76 Å². The summed E-state index contributed by atoms with van der Waals surface area (Å²) in [6, 6.07) is 6.62. The summed E-state index contributed by atoms with van der Waals surface area (Å²) in [4.78, 5) is 13.6. The Morgan fingerprint density at radius 3 is 3.00 bits per heavy atom. The molecular weight excluding hydrogens is 242 g/mol. The van der Waals surface area contributed by atoms with E-state index in [0.29, 0.717) is 5.58 Å². The second-order valence-electron chi connectivity index (χ2n) is 5.23. The topological polar surface area (TPSA) is 50.4 Å². The molecule has 1 aromatic carbocycles. The van der Waals surface area contributed by atoms with Gasteiger partial charge in [0.1, 0.15) is 0 Å². The van der Waals surface area contributed by atoms with E-state index < -0.39 is 0 Å². The summed E-state index contributed by atoms with van der Waals surface area (Å²) in [5.41, 5.74) is 2.55. The molecule has 5 nitrogen and oxygen atoms in total. The van der Waals surface area contributed by atoms with Gasteiger partial charge in [-0.3, -0.25) is 4.57 Å². The number of aryl methyl sites for hydroxylation is 1. The molecule has 0 saturated heterocycles. The standard InChI is InChI=1S/C14H19N3O2/c1-16(8-7-15-10-3-4-10)11-5-6-12-13(9-11)19-14(18)17(12)2/h5-6,9-10,15H,3-4,7-8H2,1-2H3. The van der Waals surface area contributed by atoms with E-state index in [9.17, 15) is 4.79 Å². The third-order valence-corrected chi connectivity index (χ3v) is 3.67. The Bertz CT molecular complexity index is 640. The van der Waals surface area contributed by atoms with Crippen LogP contribution in [0.5, 0.6) is 0 Å². The van der Waals surface area contributed by atoms with Crippen molar-refractivity contribution in [2.75, 3.05) is 25.0 Å². The smallest absolute Gasteiger partial charge is 0.408 e. The molecule has 1 aliphatic carbocycles. The van der Waals surface area contributed by atoms with Crippen LogP contribution in [0.1, 0.15) is 12.8 Å². The maximum absolute atomic E-state index is 11.4. The highest BCUT2D eigenvalue weighted by Gasteiger charge is 2.19. The molecule has 1 aromatic heterocycles. The maximum Gasteiger partial charge on any atom is 0.419 e. The number of rotatable bonds is 5. The fraction of sp³-hybridized carbons (Fsp3) is 0.500. The average molecular weight is 261 g/mol. The first-order valence-corrected chi connectivity index (χ1v) is 6.69. The largest absolute Gasteiger partial charge is 0.419 e. The Morgan fingerprint density at radius 2 is 2.26 bits per heavy atom. The van der Waals surface area contributed by atoms with Crippen molar-refractivity contribution < 1.29 is 4.42 Å². The molecule has 19 heavy (non-hydrogen) atoms. The minimum Gasteiger partial charge on any atom is -0.408 e. The quantitative estimate of drug-likeness (QED) is 0.882. The molecule has 5 heteroatoms. The average Bonchev–Trinajstić information content (AvgIpc) is 3.17. The van der Waals surface area contributed by atoms with Gasteiger partial charge in [-0.1, -0.05) is 0 Å². The van der Waals surface area contributed by atoms with Crippen molar-refractivity contribution in [3.05, 3.63) is 28.7 Å². The van der Waals surface area contributed by atoms with E-state index in [2.05, 4.69) is 17.3 Å². The SMILES string of the molecule is CN(CCNC1CC1)c1ccc2c(c1)oc(=O)n2C. The van der Waals surface area contributed by atoms with Gasteiger partial charge in [0.05, 0.1) is 5.52 Å². The Hall–Kier alpha value is -1.75. The number of benzene rings is 1. The molecule has 102 valence electrons. The maximum atomic E-state index is 11.4. The monoisotopic (exact) mass is 261 g/mol. The first-order chi connectivity index (χ1) is 9.15. The van der Waals surface area contributed by atoms with Gasteiger partial charge >= 0.3 is 5.76 Å². The number of oxazole rings is 1. The van der Waals surface area contributed by atoms with Crippen LogP contribution in [-0.4, -0.2) is 30.7 Å². The molecule has 0 aliphatic heterocycles. The van der Waals surface area contributed by atoms with Crippen molar-refractivity contribution in [3.8, 4) is 0 Å². The predicted molar refractivity (Wildman–Crippen MR) is 75.7 cm³/mol. The highest BCUT2D eigenvalue weighted by atomic mass is 16.4. The third kappa shape index (κ3) is 2.51. The van der Waals surface area contributed by atoms with Crippen LogP contribution in [0.2, 0.25) is 0 Å². The summed E-state index contributed by atoms with van der Waals surface area (Å²) in [6.07, 6.45) is 2.62. The van der Waals surface area contributed by atoms with Gasteiger partial charge in [-0.05, 0) is 25.0 Å². The molecule has 0 bridgehead atoms.